The van der Waals surface area contributed by atoms with E-state index in [0.717, 1.165) is 0 Å². The molecule has 1 aromatic rings. The van der Waals surface area contributed by atoms with Crippen LogP contribution < -0.4 is 5.56 Å². The molecule has 0 fully saturated rings. The number of hydrogen-bond donors (Lipinski definition) is 2. The van der Waals surface area contributed by atoms with Crippen LogP contribution in [0.15, 0.2) is 4.79 Å². The number of aromatic amines is 1. The standard InChI is InChI=1S/C8H10N2O4S/c11-2-1-7-9-6-4-15(13,14)3-5(6)8(12)10-7/h11H,1-4H2,(H,9,10,12). The van der Waals surface area contributed by atoms with Gasteiger partial charge < -0.3 is 10.1 Å². The maximum Gasteiger partial charge on any atom is 0.255 e. The minimum Gasteiger partial charge on any atom is -0.396 e. The first-order valence-corrected chi connectivity index (χ1v) is 6.26. The molecule has 2 rings (SSSR count). The molecular weight excluding hydrogens is 220 g/mol. The summed E-state index contributed by atoms with van der Waals surface area (Å²) in [5.74, 6) is -0.0762. The average Bonchev–Trinajstić information content (AvgIpc) is 2.41. The van der Waals surface area contributed by atoms with Crippen molar-refractivity contribution in [1.82, 2.24) is 9.97 Å². The van der Waals surface area contributed by atoms with Crippen LogP contribution in [0, 0.1) is 0 Å². The van der Waals surface area contributed by atoms with Crippen molar-refractivity contribution in [3.05, 3.63) is 27.4 Å². The number of fused-ring (bicyclic) bond motifs is 1. The molecular formula is C8H10N2O4S. The number of aliphatic hydroxyl groups is 1. The van der Waals surface area contributed by atoms with Crippen molar-refractivity contribution in [3.8, 4) is 0 Å². The van der Waals surface area contributed by atoms with Gasteiger partial charge in [0.15, 0.2) is 9.84 Å². The van der Waals surface area contributed by atoms with E-state index < -0.39 is 15.4 Å². The molecule has 2 heterocycles. The molecule has 0 unspecified atom stereocenters. The summed E-state index contributed by atoms with van der Waals surface area (Å²) in [5, 5.41) is 8.68. The predicted molar refractivity (Wildman–Crippen MR) is 52.0 cm³/mol. The highest BCUT2D eigenvalue weighted by molar-refractivity contribution is 7.90. The summed E-state index contributed by atoms with van der Waals surface area (Å²) in [7, 11) is -3.20. The normalized spacial score (nSPS) is 17.7. The van der Waals surface area contributed by atoms with Gasteiger partial charge in [-0.05, 0) is 0 Å². The highest BCUT2D eigenvalue weighted by atomic mass is 32.2. The van der Waals surface area contributed by atoms with Gasteiger partial charge in [0.25, 0.3) is 5.56 Å². The Bertz CT molecular complexity index is 546. The van der Waals surface area contributed by atoms with Gasteiger partial charge in [0.05, 0.1) is 29.4 Å². The van der Waals surface area contributed by atoms with Gasteiger partial charge in [-0.15, -0.1) is 0 Å². The number of nitrogens with one attached hydrogen (secondary N) is 1. The Hall–Kier alpha value is -1.21. The van der Waals surface area contributed by atoms with Crippen molar-refractivity contribution in [3.63, 3.8) is 0 Å². The molecule has 82 valence electrons. The second-order valence-electron chi connectivity index (χ2n) is 3.44. The lowest BCUT2D eigenvalue weighted by Gasteiger charge is -2.00. The van der Waals surface area contributed by atoms with Crippen LogP contribution in [0.2, 0.25) is 0 Å². The van der Waals surface area contributed by atoms with E-state index in [9.17, 15) is 13.2 Å². The predicted octanol–water partition coefficient (Wildman–Crippen LogP) is -1.27. The maximum atomic E-state index is 11.5. The van der Waals surface area contributed by atoms with Gasteiger partial charge in [-0.1, -0.05) is 0 Å². The van der Waals surface area contributed by atoms with E-state index in [-0.39, 0.29) is 30.1 Å². The Morgan fingerprint density at radius 1 is 1.40 bits per heavy atom. The molecule has 0 saturated heterocycles. The Balaban J connectivity index is 2.51. The lowest BCUT2D eigenvalue weighted by Crippen LogP contribution is -2.17. The fourth-order valence-electron chi connectivity index (χ4n) is 1.57. The minimum atomic E-state index is -3.20. The first-order valence-electron chi connectivity index (χ1n) is 4.44. The van der Waals surface area contributed by atoms with Gasteiger partial charge in [-0.2, -0.15) is 0 Å². The van der Waals surface area contributed by atoms with Crippen molar-refractivity contribution < 1.29 is 13.5 Å². The molecule has 1 aromatic heterocycles. The summed E-state index contributed by atoms with van der Waals surface area (Å²) in [6.45, 7) is -0.130. The Kier molecular flexibility index (Phi) is 2.35. The SMILES string of the molecule is O=c1[nH]c(CCO)nc2c1CS(=O)(=O)C2. The Morgan fingerprint density at radius 2 is 2.13 bits per heavy atom. The molecule has 0 aliphatic carbocycles. The summed E-state index contributed by atoms with van der Waals surface area (Å²) in [6.07, 6.45) is 0.225. The number of hydrogen-bond acceptors (Lipinski definition) is 5. The highest BCUT2D eigenvalue weighted by Crippen LogP contribution is 2.19. The van der Waals surface area contributed by atoms with Gasteiger partial charge in [0, 0.05) is 6.42 Å². The third kappa shape index (κ3) is 1.93. The van der Waals surface area contributed by atoms with E-state index in [1.54, 1.807) is 0 Å². The minimum absolute atomic E-state index is 0.130. The summed E-state index contributed by atoms with van der Waals surface area (Å²) in [5.41, 5.74) is 0.142. The largest absolute Gasteiger partial charge is 0.396 e. The number of sulfone groups is 1. The van der Waals surface area contributed by atoms with E-state index in [4.69, 9.17) is 5.11 Å². The third-order valence-electron chi connectivity index (χ3n) is 2.22. The molecule has 6 nitrogen and oxygen atoms in total. The molecule has 0 bridgehead atoms. The van der Waals surface area contributed by atoms with Gasteiger partial charge in [-0.3, -0.25) is 4.79 Å². The first kappa shape index (κ1) is 10.3. The molecule has 0 radical (unpaired) electrons. The van der Waals surface area contributed by atoms with Crippen molar-refractivity contribution >= 4 is 9.84 Å². The summed E-state index contributed by atoms with van der Waals surface area (Å²) < 4.78 is 22.5. The zero-order valence-corrected chi connectivity index (χ0v) is 8.67. The molecule has 0 spiro atoms. The lowest BCUT2D eigenvalue weighted by molar-refractivity contribution is 0.296. The molecule has 0 atom stereocenters. The monoisotopic (exact) mass is 230 g/mol. The smallest absolute Gasteiger partial charge is 0.255 e. The van der Waals surface area contributed by atoms with Crippen LogP contribution in [0.5, 0.6) is 0 Å². The molecule has 0 amide bonds. The van der Waals surface area contributed by atoms with Crippen molar-refractivity contribution in [2.75, 3.05) is 6.61 Å². The van der Waals surface area contributed by atoms with E-state index in [1.165, 1.54) is 0 Å². The quantitative estimate of drug-likeness (QED) is 0.660. The average molecular weight is 230 g/mol. The second kappa shape index (κ2) is 3.42. The molecule has 0 aromatic carbocycles. The summed E-state index contributed by atoms with van der Waals surface area (Å²) in [6, 6.07) is 0. The van der Waals surface area contributed by atoms with E-state index in [1.807, 2.05) is 0 Å². The number of aromatic nitrogens is 2. The van der Waals surface area contributed by atoms with E-state index >= 15 is 0 Å². The summed E-state index contributed by atoms with van der Waals surface area (Å²) in [4.78, 5) is 17.9. The van der Waals surface area contributed by atoms with Gasteiger partial charge in [-0.25, -0.2) is 13.4 Å². The fraction of sp³-hybridized carbons (Fsp3) is 0.500. The lowest BCUT2D eigenvalue weighted by atomic mass is 10.2. The van der Waals surface area contributed by atoms with E-state index in [2.05, 4.69) is 9.97 Å². The summed E-state index contributed by atoms with van der Waals surface area (Å²) >= 11 is 0. The van der Waals surface area contributed by atoms with Crippen molar-refractivity contribution in [1.29, 1.82) is 0 Å². The Morgan fingerprint density at radius 3 is 2.80 bits per heavy atom. The highest BCUT2D eigenvalue weighted by Gasteiger charge is 2.28. The Labute approximate surface area is 85.9 Å². The fourth-order valence-corrected chi connectivity index (χ4v) is 3.06. The third-order valence-corrected chi connectivity index (χ3v) is 3.66. The van der Waals surface area contributed by atoms with Crippen LogP contribution in [0.1, 0.15) is 17.1 Å². The number of rotatable bonds is 2. The molecule has 15 heavy (non-hydrogen) atoms. The zero-order valence-electron chi connectivity index (χ0n) is 7.86. The number of nitrogens with zero attached hydrogens (tertiary/aromatic N) is 1. The van der Waals surface area contributed by atoms with Crippen LogP contribution >= 0.6 is 0 Å². The van der Waals surface area contributed by atoms with Crippen LogP contribution in [0.25, 0.3) is 0 Å². The van der Waals surface area contributed by atoms with E-state index in [0.29, 0.717) is 11.5 Å². The van der Waals surface area contributed by atoms with Crippen LogP contribution in [-0.2, 0) is 27.8 Å². The molecule has 1 aliphatic heterocycles. The molecule has 2 N–H and O–H groups in total. The van der Waals surface area contributed by atoms with Crippen LogP contribution in [0.4, 0.5) is 0 Å². The van der Waals surface area contributed by atoms with Crippen molar-refractivity contribution in [2.45, 2.75) is 17.9 Å². The van der Waals surface area contributed by atoms with Gasteiger partial charge >= 0.3 is 0 Å². The zero-order chi connectivity index (χ0) is 11.1. The topological polar surface area (TPSA) is 100 Å². The second-order valence-corrected chi connectivity index (χ2v) is 5.51. The van der Waals surface area contributed by atoms with Crippen LogP contribution in [-0.4, -0.2) is 30.1 Å². The van der Waals surface area contributed by atoms with Gasteiger partial charge in [0.2, 0.25) is 0 Å². The molecule has 0 saturated carbocycles. The molecule has 1 aliphatic rings. The van der Waals surface area contributed by atoms with Crippen LogP contribution in [0.3, 0.4) is 0 Å². The maximum absolute atomic E-state index is 11.5. The molecule has 7 heteroatoms. The number of H-pyrrole nitrogens is 1. The van der Waals surface area contributed by atoms with Gasteiger partial charge in [0.1, 0.15) is 5.82 Å². The first-order chi connectivity index (χ1) is 7.02. The number of aliphatic hydroxyl groups excluding tert-OH is 1. The van der Waals surface area contributed by atoms with Crippen molar-refractivity contribution in [2.24, 2.45) is 0 Å².